The maximum absolute atomic E-state index is 13.0. The number of benzene rings is 2. The molecule has 0 bridgehead atoms. The second-order valence-corrected chi connectivity index (χ2v) is 10.7. The number of nitrogens with zero attached hydrogens (tertiary/aromatic N) is 1. The number of rotatable bonds is 4. The SMILES string of the molecule is CC(=O)Nc1c(C)cc(S(=O)(=O)Nc2ccc3c(c2)N(C(=O)C(C)(C)C)CC3)cc1C. The van der Waals surface area contributed by atoms with Gasteiger partial charge in [0.15, 0.2) is 0 Å². The van der Waals surface area contributed by atoms with Gasteiger partial charge < -0.3 is 10.2 Å². The van der Waals surface area contributed by atoms with Crippen LogP contribution < -0.4 is 14.9 Å². The molecule has 8 heteroatoms. The van der Waals surface area contributed by atoms with Crippen LogP contribution in [0.25, 0.3) is 0 Å². The molecule has 2 aromatic carbocycles. The number of carbonyl (C=O) groups is 2. The molecule has 0 spiro atoms. The van der Waals surface area contributed by atoms with Crippen molar-refractivity contribution in [2.24, 2.45) is 5.41 Å². The standard InChI is InChI=1S/C23H29N3O4S/c1-14-11-19(12-15(2)21(14)24-16(3)27)31(29,30)25-18-8-7-17-9-10-26(20(17)13-18)22(28)23(4,5)6/h7-8,11-13,25H,9-10H2,1-6H3,(H,24,27). The summed E-state index contributed by atoms with van der Waals surface area (Å²) in [5, 5.41) is 2.73. The number of anilines is 3. The molecule has 3 rings (SSSR count). The largest absolute Gasteiger partial charge is 0.326 e. The summed E-state index contributed by atoms with van der Waals surface area (Å²) in [6.07, 6.45) is 0.743. The lowest BCUT2D eigenvalue weighted by atomic mass is 9.94. The Balaban J connectivity index is 1.91. The van der Waals surface area contributed by atoms with Crippen LogP contribution in [-0.4, -0.2) is 26.8 Å². The molecule has 166 valence electrons. The lowest BCUT2D eigenvalue weighted by molar-refractivity contribution is -0.125. The molecule has 0 fully saturated rings. The van der Waals surface area contributed by atoms with E-state index in [-0.39, 0.29) is 16.7 Å². The van der Waals surface area contributed by atoms with E-state index < -0.39 is 15.4 Å². The highest BCUT2D eigenvalue weighted by Gasteiger charge is 2.32. The van der Waals surface area contributed by atoms with Crippen LogP contribution in [0.2, 0.25) is 0 Å². The number of nitrogens with one attached hydrogen (secondary N) is 2. The van der Waals surface area contributed by atoms with Crippen molar-refractivity contribution in [2.75, 3.05) is 21.5 Å². The second-order valence-electron chi connectivity index (χ2n) is 9.02. The first kappa shape index (κ1) is 22.8. The van der Waals surface area contributed by atoms with Gasteiger partial charge in [-0.15, -0.1) is 0 Å². The molecular formula is C23H29N3O4S. The third kappa shape index (κ3) is 4.74. The Morgan fingerprint density at radius 2 is 1.65 bits per heavy atom. The van der Waals surface area contributed by atoms with Crippen LogP contribution in [0.1, 0.15) is 44.4 Å². The number of carbonyl (C=O) groups excluding carboxylic acids is 2. The van der Waals surface area contributed by atoms with E-state index in [4.69, 9.17) is 0 Å². The average molecular weight is 444 g/mol. The Morgan fingerprint density at radius 1 is 1.03 bits per heavy atom. The van der Waals surface area contributed by atoms with Crippen LogP contribution in [0.15, 0.2) is 35.2 Å². The molecule has 0 radical (unpaired) electrons. The van der Waals surface area contributed by atoms with Crippen molar-refractivity contribution in [2.45, 2.75) is 52.9 Å². The predicted octanol–water partition coefficient (Wildman–Crippen LogP) is 4.00. The molecule has 0 unspecified atom stereocenters. The third-order valence-corrected chi connectivity index (χ3v) is 6.60. The minimum absolute atomic E-state index is 0.00562. The van der Waals surface area contributed by atoms with Gasteiger partial charge in [-0.1, -0.05) is 26.8 Å². The molecule has 0 saturated heterocycles. The maximum Gasteiger partial charge on any atom is 0.261 e. The normalized spacial score (nSPS) is 13.7. The van der Waals surface area contributed by atoms with Gasteiger partial charge in [-0.25, -0.2) is 8.42 Å². The van der Waals surface area contributed by atoms with E-state index in [0.717, 1.165) is 17.7 Å². The summed E-state index contributed by atoms with van der Waals surface area (Å²) in [5.41, 5.74) is 3.56. The molecule has 0 saturated carbocycles. The van der Waals surface area contributed by atoms with E-state index in [9.17, 15) is 18.0 Å². The third-order valence-electron chi connectivity index (χ3n) is 5.24. The molecule has 1 aliphatic heterocycles. The van der Waals surface area contributed by atoms with Crippen molar-refractivity contribution in [3.8, 4) is 0 Å². The molecule has 2 amide bonds. The van der Waals surface area contributed by atoms with Crippen LogP contribution in [0.4, 0.5) is 17.1 Å². The first-order valence-corrected chi connectivity index (χ1v) is 11.6. The minimum atomic E-state index is -3.85. The van der Waals surface area contributed by atoms with Gasteiger partial charge in [-0.05, 0) is 61.2 Å². The van der Waals surface area contributed by atoms with Crippen LogP contribution in [0.3, 0.4) is 0 Å². The monoisotopic (exact) mass is 443 g/mol. The summed E-state index contributed by atoms with van der Waals surface area (Å²) >= 11 is 0. The topological polar surface area (TPSA) is 95.6 Å². The highest BCUT2D eigenvalue weighted by molar-refractivity contribution is 7.92. The van der Waals surface area contributed by atoms with Crippen molar-refractivity contribution in [1.82, 2.24) is 0 Å². The lowest BCUT2D eigenvalue weighted by Crippen LogP contribution is -2.38. The van der Waals surface area contributed by atoms with Gasteiger partial charge in [0, 0.05) is 30.3 Å². The predicted molar refractivity (Wildman–Crippen MR) is 123 cm³/mol. The Bertz CT molecular complexity index is 1140. The summed E-state index contributed by atoms with van der Waals surface area (Å²) in [5.74, 6) is -0.210. The van der Waals surface area contributed by atoms with Crippen LogP contribution in [0.5, 0.6) is 0 Å². The minimum Gasteiger partial charge on any atom is -0.326 e. The van der Waals surface area contributed by atoms with E-state index in [2.05, 4.69) is 10.0 Å². The quantitative estimate of drug-likeness (QED) is 0.747. The molecule has 1 heterocycles. The number of aryl methyl sites for hydroxylation is 2. The van der Waals surface area contributed by atoms with Crippen molar-refractivity contribution in [3.63, 3.8) is 0 Å². The Labute approximate surface area is 183 Å². The maximum atomic E-state index is 13.0. The fourth-order valence-corrected chi connectivity index (χ4v) is 4.94. The molecule has 7 nitrogen and oxygen atoms in total. The summed E-state index contributed by atoms with van der Waals surface area (Å²) in [7, 11) is -3.85. The van der Waals surface area contributed by atoms with Gasteiger partial charge in [0.1, 0.15) is 0 Å². The molecular weight excluding hydrogens is 414 g/mol. The van der Waals surface area contributed by atoms with Gasteiger partial charge in [0.2, 0.25) is 11.8 Å². The number of hydrogen-bond donors (Lipinski definition) is 2. The summed E-state index contributed by atoms with van der Waals surface area (Å²) in [6.45, 7) is 11.1. The molecule has 0 atom stereocenters. The molecule has 0 aromatic heterocycles. The smallest absolute Gasteiger partial charge is 0.261 e. The molecule has 2 aromatic rings. The van der Waals surface area contributed by atoms with Crippen LogP contribution in [-0.2, 0) is 26.0 Å². The van der Waals surface area contributed by atoms with E-state index in [0.29, 0.717) is 29.0 Å². The zero-order valence-electron chi connectivity index (χ0n) is 18.8. The fraction of sp³-hybridized carbons (Fsp3) is 0.391. The number of amides is 2. The van der Waals surface area contributed by atoms with Crippen LogP contribution >= 0.6 is 0 Å². The van der Waals surface area contributed by atoms with Gasteiger partial charge in [0.25, 0.3) is 10.0 Å². The zero-order valence-corrected chi connectivity index (χ0v) is 19.6. The van der Waals surface area contributed by atoms with Crippen LogP contribution in [0, 0.1) is 19.3 Å². The van der Waals surface area contributed by atoms with Gasteiger partial charge >= 0.3 is 0 Å². The van der Waals surface area contributed by atoms with Gasteiger partial charge in [-0.3, -0.25) is 14.3 Å². The van der Waals surface area contributed by atoms with E-state index in [1.54, 1.807) is 30.9 Å². The fourth-order valence-electron chi connectivity index (χ4n) is 3.72. The first-order chi connectivity index (χ1) is 14.3. The molecule has 2 N–H and O–H groups in total. The van der Waals surface area contributed by atoms with Gasteiger partial charge in [-0.2, -0.15) is 0 Å². The van der Waals surface area contributed by atoms with E-state index in [1.807, 2.05) is 26.8 Å². The van der Waals surface area contributed by atoms with Crippen molar-refractivity contribution in [1.29, 1.82) is 0 Å². The Kier molecular flexibility index (Phi) is 5.88. The van der Waals surface area contributed by atoms with Crippen molar-refractivity contribution < 1.29 is 18.0 Å². The number of fused-ring (bicyclic) bond motifs is 1. The Morgan fingerprint density at radius 3 is 2.19 bits per heavy atom. The summed E-state index contributed by atoms with van der Waals surface area (Å²) in [6, 6.07) is 8.36. The zero-order chi connectivity index (χ0) is 23.1. The molecule has 31 heavy (non-hydrogen) atoms. The number of hydrogen-bond acceptors (Lipinski definition) is 4. The second kappa shape index (κ2) is 8.00. The molecule has 0 aliphatic carbocycles. The highest BCUT2D eigenvalue weighted by atomic mass is 32.2. The van der Waals surface area contributed by atoms with E-state index >= 15 is 0 Å². The average Bonchev–Trinajstić information content (AvgIpc) is 3.05. The van der Waals surface area contributed by atoms with Gasteiger partial charge in [0.05, 0.1) is 10.6 Å². The van der Waals surface area contributed by atoms with E-state index in [1.165, 1.54) is 19.1 Å². The number of sulfonamides is 1. The molecule has 1 aliphatic rings. The van der Waals surface area contributed by atoms with Crippen molar-refractivity contribution in [3.05, 3.63) is 47.0 Å². The summed E-state index contributed by atoms with van der Waals surface area (Å²) in [4.78, 5) is 26.0. The van der Waals surface area contributed by atoms with Crippen molar-refractivity contribution >= 4 is 38.9 Å². The first-order valence-electron chi connectivity index (χ1n) is 10.2. The Hall–Kier alpha value is -2.87. The highest BCUT2D eigenvalue weighted by Crippen LogP contribution is 2.35. The lowest BCUT2D eigenvalue weighted by Gasteiger charge is -2.26. The summed E-state index contributed by atoms with van der Waals surface area (Å²) < 4.78 is 28.7.